The Bertz CT molecular complexity index is 621. The monoisotopic (exact) mass is 346 g/mol. The first-order chi connectivity index (χ1) is 12.0. The molecule has 4 heteroatoms. The van der Waals surface area contributed by atoms with Crippen LogP contribution in [-0.4, -0.2) is 33.8 Å². The van der Waals surface area contributed by atoms with E-state index in [0.29, 0.717) is 12.5 Å². The molecule has 3 nitrogen and oxygen atoms in total. The predicted octanol–water partition coefficient (Wildman–Crippen LogP) is 4.29. The number of nitrogens with zero attached hydrogens (tertiary/aromatic N) is 2. The van der Waals surface area contributed by atoms with E-state index in [0.717, 1.165) is 38.0 Å². The van der Waals surface area contributed by atoms with Gasteiger partial charge in [-0.1, -0.05) is 32.9 Å². The van der Waals surface area contributed by atoms with Gasteiger partial charge in [0, 0.05) is 31.5 Å². The molecule has 0 fully saturated rings. The molecule has 0 aliphatic rings. The van der Waals surface area contributed by atoms with E-state index < -0.39 is 0 Å². The fourth-order valence-electron chi connectivity index (χ4n) is 2.87. The Hall–Kier alpha value is -1.65. The van der Waals surface area contributed by atoms with Gasteiger partial charge in [-0.2, -0.15) is 0 Å². The van der Waals surface area contributed by atoms with Crippen LogP contribution in [0.2, 0.25) is 0 Å². The van der Waals surface area contributed by atoms with Crippen molar-refractivity contribution in [2.24, 2.45) is 5.92 Å². The highest BCUT2D eigenvalue weighted by Gasteiger charge is 2.13. The van der Waals surface area contributed by atoms with Crippen molar-refractivity contribution in [1.82, 2.24) is 9.47 Å². The predicted molar refractivity (Wildman–Crippen MR) is 101 cm³/mol. The summed E-state index contributed by atoms with van der Waals surface area (Å²) in [6, 6.07) is 10.9. The van der Waals surface area contributed by atoms with Crippen LogP contribution in [0.5, 0.6) is 0 Å². The van der Waals surface area contributed by atoms with Crippen LogP contribution in [0.25, 0.3) is 0 Å². The maximum absolute atomic E-state index is 13.1. The van der Waals surface area contributed by atoms with Crippen LogP contribution in [0.4, 0.5) is 4.39 Å². The second-order valence-corrected chi connectivity index (χ2v) is 7.23. The van der Waals surface area contributed by atoms with E-state index in [-0.39, 0.29) is 11.9 Å². The van der Waals surface area contributed by atoms with Gasteiger partial charge < -0.3 is 9.67 Å². The van der Waals surface area contributed by atoms with E-state index >= 15 is 0 Å². The summed E-state index contributed by atoms with van der Waals surface area (Å²) in [5.41, 5.74) is 2.30. The second-order valence-electron chi connectivity index (χ2n) is 7.23. The molecule has 1 N–H and O–H groups in total. The molecule has 138 valence electrons. The number of rotatable bonds is 10. The molecule has 1 aromatic heterocycles. The number of aromatic nitrogens is 1. The van der Waals surface area contributed by atoms with Gasteiger partial charge in [0.1, 0.15) is 5.82 Å². The quantitative estimate of drug-likeness (QED) is 0.695. The van der Waals surface area contributed by atoms with Gasteiger partial charge in [0.15, 0.2) is 0 Å². The van der Waals surface area contributed by atoms with E-state index in [1.54, 1.807) is 0 Å². The number of halogens is 1. The highest BCUT2D eigenvalue weighted by molar-refractivity contribution is 5.18. The molecule has 25 heavy (non-hydrogen) atoms. The third-order valence-corrected chi connectivity index (χ3v) is 4.54. The number of aliphatic hydroxyl groups is 1. The zero-order valence-corrected chi connectivity index (χ0v) is 15.7. The second kappa shape index (κ2) is 9.73. The molecular weight excluding hydrogens is 315 g/mol. The van der Waals surface area contributed by atoms with Crippen LogP contribution < -0.4 is 0 Å². The van der Waals surface area contributed by atoms with Crippen LogP contribution in [0.15, 0.2) is 42.6 Å². The minimum atomic E-state index is -0.285. The largest absolute Gasteiger partial charge is 0.392 e. The van der Waals surface area contributed by atoms with Crippen LogP contribution in [0, 0.1) is 11.7 Å². The molecule has 1 atom stereocenters. The molecule has 0 aliphatic heterocycles. The lowest BCUT2D eigenvalue weighted by Gasteiger charge is -2.26. The molecule has 0 saturated carbocycles. The molecule has 0 saturated heterocycles. The van der Waals surface area contributed by atoms with Crippen molar-refractivity contribution in [3.63, 3.8) is 0 Å². The van der Waals surface area contributed by atoms with Crippen LogP contribution in [0.3, 0.4) is 0 Å². The van der Waals surface area contributed by atoms with Crippen molar-refractivity contribution < 1.29 is 9.50 Å². The van der Waals surface area contributed by atoms with Gasteiger partial charge in [-0.05, 0) is 55.1 Å². The Kier molecular flexibility index (Phi) is 7.66. The standard InChI is InChI=1S/C21H31FN2O/c1-4-21(25)16-23(13-11-17(2)3)15-20-6-5-12-24(20)14-18-7-9-19(22)10-8-18/h5-10,12,17,21,25H,4,11,13-16H2,1-3H3/t21-/m1/s1. The zero-order valence-electron chi connectivity index (χ0n) is 15.7. The molecular formula is C21H31FN2O. The smallest absolute Gasteiger partial charge is 0.123 e. The molecule has 2 rings (SSSR count). The van der Waals surface area contributed by atoms with E-state index in [4.69, 9.17) is 0 Å². The number of aliphatic hydroxyl groups excluding tert-OH is 1. The summed E-state index contributed by atoms with van der Waals surface area (Å²) in [5, 5.41) is 10.1. The van der Waals surface area contributed by atoms with Gasteiger partial charge in [-0.25, -0.2) is 4.39 Å². The third-order valence-electron chi connectivity index (χ3n) is 4.54. The number of benzene rings is 1. The van der Waals surface area contributed by atoms with Crippen LogP contribution in [-0.2, 0) is 13.1 Å². The average molecular weight is 346 g/mol. The summed E-state index contributed by atoms with van der Waals surface area (Å²) in [5.74, 6) is 0.442. The molecule has 0 spiro atoms. The topological polar surface area (TPSA) is 28.4 Å². The fourth-order valence-corrected chi connectivity index (χ4v) is 2.87. The summed E-state index contributed by atoms with van der Waals surface area (Å²) < 4.78 is 15.3. The first-order valence-electron chi connectivity index (χ1n) is 9.26. The van der Waals surface area contributed by atoms with Crippen molar-refractivity contribution in [2.45, 2.75) is 52.8 Å². The molecule has 0 bridgehead atoms. The highest BCUT2D eigenvalue weighted by Crippen LogP contribution is 2.13. The summed E-state index contributed by atoms with van der Waals surface area (Å²) in [6.45, 7) is 9.70. The Morgan fingerprint density at radius 3 is 2.52 bits per heavy atom. The van der Waals surface area contributed by atoms with E-state index in [1.165, 1.54) is 17.8 Å². The van der Waals surface area contributed by atoms with Gasteiger partial charge in [-0.15, -0.1) is 0 Å². The zero-order chi connectivity index (χ0) is 18.2. The minimum Gasteiger partial charge on any atom is -0.392 e. The Morgan fingerprint density at radius 2 is 1.88 bits per heavy atom. The third kappa shape index (κ3) is 6.63. The lowest BCUT2D eigenvalue weighted by Crippen LogP contribution is -2.33. The number of hydrogen-bond donors (Lipinski definition) is 1. The first-order valence-corrected chi connectivity index (χ1v) is 9.26. The van der Waals surface area contributed by atoms with Crippen molar-refractivity contribution in [2.75, 3.05) is 13.1 Å². The molecule has 1 aromatic carbocycles. The van der Waals surface area contributed by atoms with Crippen molar-refractivity contribution >= 4 is 0 Å². The molecule has 0 unspecified atom stereocenters. The van der Waals surface area contributed by atoms with E-state index in [2.05, 4.69) is 41.6 Å². The molecule has 0 radical (unpaired) electrons. The average Bonchev–Trinajstić information content (AvgIpc) is 3.01. The fraction of sp³-hybridized carbons (Fsp3) is 0.524. The van der Waals surface area contributed by atoms with Crippen molar-refractivity contribution in [3.8, 4) is 0 Å². The lowest BCUT2D eigenvalue weighted by molar-refractivity contribution is 0.101. The first kappa shape index (κ1) is 19.7. The van der Waals surface area contributed by atoms with Gasteiger partial charge >= 0.3 is 0 Å². The van der Waals surface area contributed by atoms with Gasteiger partial charge in [0.2, 0.25) is 0 Å². The van der Waals surface area contributed by atoms with Crippen molar-refractivity contribution in [1.29, 1.82) is 0 Å². The summed E-state index contributed by atoms with van der Waals surface area (Å²) in [4.78, 5) is 2.34. The summed E-state index contributed by atoms with van der Waals surface area (Å²) in [7, 11) is 0. The maximum Gasteiger partial charge on any atom is 0.123 e. The molecule has 0 amide bonds. The van der Waals surface area contributed by atoms with E-state index in [9.17, 15) is 9.50 Å². The summed E-state index contributed by atoms with van der Waals surface area (Å²) >= 11 is 0. The summed E-state index contributed by atoms with van der Waals surface area (Å²) in [6.07, 6.45) is 3.67. The number of hydrogen-bond acceptors (Lipinski definition) is 2. The lowest BCUT2D eigenvalue weighted by atomic mass is 10.1. The van der Waals surface area contributed by atoms with Crippen molar-refractivity contribution in [3.05, 3.63) is 59.7 Å². The van der Waals surface area contributed by atoms with Gasteiger partial charge in [0.25, 0.3) is 0 Å². The Labute approximate surface area is 151 Å². The van der Waals surface area contributed by atoms with E-state index in [1.807, 2.05) is 19.1 Å². The van der Waals surface area contributed by atoms with Crippen LogP contribution >= 0.6 is 0 Å². The SMILES string of the molecule is CC[C@@H](O)CN(CCC(C)C)Cc1cccn1Cc1ccc(F)cc1. The van der Waals surface area contributed by atoms with Gasteiger partial charge in [-0.3, -0.25) is 4.90 Å². The molecule has 1 heterocycles. The Morgan fingerprint density at radius 1 is 1.16 bits per heavy atom. The molecule has 2 aromatic rings. The minimum absolute atomic E-state index is 0.204. The van der Waals surface area contributed by atoms with Gasteiger partial charge in [0.05, 0.1) is 6.10 Å². The van der Waals surface area contributed by atoms with Crippen LogP contribution in [0.1, 0.15) is 44.9 Å². The maximum atomic E-state index is 13.1. The molecule has 0 aliphatic carbocycles. The Balaban J connectivity index is 2.05. The normalized spacial score (nSPS) is 12.9. The highest BCUT2D eigenvalue weighted by atomic mass is 19.1.